The van der Waals surface area contributed by atoms with E-state index in [0.717, 1.165) is 62.4 Å². The third-order valence-electron chi connectivity index (χ3n) is 7.91. The van der Waals surface area contributed by atoms with E-state index in [0.29, 0.717) is 6.54 Å². The van der Waals surface area contributed by atoms with Crippen LogP contribution < -0.4 is 4.90 Å². The van der Waals surface area contributed by atoms with Crippen molar-refractivity contribution in [3.8, 4) is 6.07 Å². The molecule has 3 fully saturated rings. The molecule has 7 nitrogen and oxygen atoms in total. The van der Waals surface area contributed by atoms with Crippen molar-refractivity contribution in [2.75, 3.05) is 31.1 Å². The van der Waals surface area contributed by atoms with E-state index < -0.39 is 28.7 Å². The van der Waals surface area contributed by atoms with E-state index >= 15 is 0 Å². The van der Waals surface area contributed by atoms with Crippen LogP contribution in [0.1, 0.15) is 64.5 Å². The fourth-order valence-corrected chi connectivity index (χ4v) is 5.92. The van der Waals surface area contributed by atoms with Crippen LogP contribution in [-0.2, 0) is 15.8 Å². The second kappa shape index (κ2) is 10.5. The van der Waals surface area contributed by atoms with Crippen LogP contribution in [-0.4, -0.2) is 75.4 Å². The minimum atomic E-state index is -4.73. The van der Waals surface area contributed by atoms with Gasteiger partial charge in [0.2, 0.25) is 5.91 Å². The van der Waals surface area contributed by atoms with Crippen molar-refractivity contribution in [2.24, 2.45) is 5.92 Å². The number of halogens is 3. The zero-order chi connectivity index (χ0) is 28.0. The summed E-state index contributed by atoms with van der Waals surface area (Å²) < 4.78 is 40.5. The number of rotatable bonds is 7. The van der Waals surface area contributed by atoms with E-state index in [-0.39, 0.29) is 34.7 Å². The van der Waals surface area contributed by atoms with Gasteiger partial charge in [0.25, 0.3) is 5.91 Å². The first-order valence-electron chi connectivity index (χ1n) is 13.1. The van der Waals surface area contributed by atoms with E-state index in [4.69, 9.17) is 17.5 Å². The topological polar surface area (TPSA) is 70.9 Å². The van der Waals surface area contributed by atoms with Crippen LogP contribution in [0.15, 0.2) is 18.2 Å². The number of hydrogen-bond donors (Lipinski definition) is 0. The summed E-state index contributed by atoms with van der Waals surface area (Å²) in [5, 5.41) is 9.25. The van der Waals surface area contributed by atoms with Gasteiger partial charge in [0, 0.05) is 37.6 Å². The Morgan fingerprint density at radius 3 is 2.39 bits per heavy atom. The van der Waals surface area contributed by atoms with Gasteiger partial charge in [-0.2, -0.15) is 18.4 Å². The van der Waals surface area contributed by atoms with E-state index in [2.05, 4.69) is 18.7 Å². The average molecular weight is 550 g/mol. The Labute approximate surface area is 227 Å². The van der Waals surface area contributed by atoms with Gasteiger partial charge in [-0.1, -0.05) is 0 Å². The average Bonchev–Trinajstić information content (AvgIpc) is 3.67. The molecule has 2 atom stereocenters. The number of carbonyl (C=O) groups is 2. The van der Waals surface area contributed by atoms with E-state index in [1.54, 1.807) is 24.8 Å². The summed E-state index contributed by atoms with van der Waals surface area (Å²) in [4.78, 5) is 33.2. The lowest BCUT2D eigenvalue weighted by Gasteiger charge is -2.44. The van der Waals surface area contributed by atoms with E-state index in [1.165, 1.54) is 6.07 Å². The Balaban J connectivity index is 1.37. The number of anilines is 1. The van der Waals surface area contributed by atoms with Gasteiger partial charge in [-0.25, -0.2) is 0 Å². The van der Waals surface area contributed by atoms with Crippen LogP contribution in [0.3, 0.4) is 0 Å². The Bertz CT molecular complexity index is 1160. The molecule has 0 spiro atoms. The Kier molecular flexibility index (Phi) is 7.79. The molecule has 2 heterocycles. The third-order valence-corrected chi connectivity index (χ3v) is 8.32. The zero-order valence-corrected chi connectivity index (χ0v) is 23.0. The summed E-state index contributed by atoms with van der Waals surface area (Å²) in [7, 11) is 0. The predicted molar refractivity (Wildman–Crippen MR) is 141 cm³/mol. The standard InChI is InChI=1S/C27H34F3N5O2S/c1-17-16-33(23(36)19-7-8-19)18(2)15-32(17)11-5-6-12-34-25(38)35(24(37)26(34,3)4)21-10-9-20(14-31)22(13-21)27(28,29)30/h9-10,13,17-19H,5-8,11-12,15-16H2,1-4H3/t17-,18+/m1/s1. The Hall–Kier alpha value is -2.71. The van der Waals surface area contributed by atoms with Crippen molar-refractivity contribution in [3.63, 3.8) is 0 Å². The minimum absolute atomic E-state index is 0.00308. The van der Waals surface area contributed by atoms with Crippen LogP contribution in [0.5, 0.6) is 0 Å². The van der Waals surface area contributed by atoms with Crippen LogP contribution in [0.2, 0.25) is 0 Å². The molecule has 0 bridgehead atoms. The number of thiocarbonyl (C=S) groups is 1. The highest BCUT2D eigenvalue weighted by molar-refractivity contribution is 7.80. The van der Waals surface area contributed by atoms with Crippen LogP contribution in [0.4, 0.5) is 18.9 Å². The fraction of sp³-hybridized carbons (Fsp3) is 0.630. The van der Waals surface area contributed by atoms with Crippen molar-refractivity contribution in [1.82, 2.24) is 14.7 Å². The molecule has 206 valence electrons. The summed E-state index contributed by atoms with van der Waals surface area (Å²) in [5.74, 6) is 0.0994. The van der Waals surface area contributed by atoms with E-state index in [9.17, 15) is 22.8 Å². The smallest absolute Gasteiger partial charge is 0.337 e. The zero-order valence-electron chi connectivity index (χ0n) is 22.2. The van der Waals surface area contributed by atoms with Gasteiger partial charge in [-0.3, -0.25) is 19.4 Å². The maximum absolute atomic E-state index is 13.5. The molecule has 0 unspecified atom stereocenters. The van der Waals surface area contributed by atoms with Crippen molar-refractivity contribution in [2.45, 2.75) is 77.2 Å². The molecule has 3 aliphatic rings. The lowest BCUT2D eigenvalue weighted by atomic mass is 10.0. The SMILES string of the molecule is C[C@@H]1CN(C(=O)C2CC2)[C@@H](C)CN1CCCCN1C(=S)N(c2ccc(C#N)c(C(F)(F)F)c2)C(=O)C1(C)C. The number of hydrogen-bond acceptors (Lipinski definition) is 5. The van der Waals surface area contributed by atoms with Crippen LogP contribution >= 0.6 is 12.2 Å². The van der Waals surface area contributed by atoms with Crippen molar-refractivity contribution >= 4 is 34.8 Å². The largest absolute Gasteiger partial charge is 0.417 e. The van der Waals surface area contributed by atoms with Crippen molar-refractivity contribution < 1.29 is 22.8 Å². The summed E-state index contributed by atoms with van der Waals surface area (Å²) in [6, 6.07) is 5.21. The van der Waals surface area contributed by atoms with Gasteiger partial charge in [0.05, 0.1) is 22.9 Å². The normalized spacial score (nSPS) is 24.2. The molecule has 2 saturated heterocycles. The number of amides is 2. The predicted octanol–water partition coefficient (Wildman–Crippen LogP) is 4.40. The molecule has 1 saturated carbocycles. The quantitative estimate of drug-likeness (QED) is 0.371. The lowest BCUT2D eigenvalue weighted by molar-refractivity contribution is -0.139. The summed E-state index contributed by atoms with van der Waals surface area (Å²) >= 11 is 5.58. The van der Waals surface area contributed by atoms with E-state index in [1.807, 2.05) is 4.90 Å². The number of piperazine rings is 1. The number of benzene rings is 1. The summed E-state index contributed by atoms with van der Waals surface area (Å²) in [6.45, 7) is 10.6. The molecular weight excluding hydrogens is 515 g/mol. The van der Waals surface area contributed by atoms with Gasteiger partial charge in [-0.15, -0.1) is 0 Å². The minimum Gasteiger partial charge on any atom is -0.337 e. The highest BCUT2D eigenvalue weighted by Gasteiger charge is 2.49. The second-order valence-corrected chi connectivity index (χ2v) is 11.5. The van der Waals surface area contributed by atoms with Gasteiger partial charge in [0.1, 0.15) is 5.54 Å². The lowest BCUT2D eigenvalue weighted by Crippen LogP contribution is -2.58. The van der Waals surface area contributed by atoms with Gasteiger partial charge >= 0.3 is 6.18 Å². The highest BCUT2D eigenvalue weighted by atomic mass is 32.1. The van der Waals surface area contributed by atoms with Gasteiger partial charge in [0.15, 0.2) is 5.11 Å². The monoisotopic (exact) mass is 549 g/mol. The molecule has 1 aromatic rings. The van der Waals surface area contributed by atoms with Gasteiger partial charge < -0.3 is 9.80 Å². The first kappa shape index (κ1) is 28.3. The summed E-state index contributed by atoms with van der Waals surface area (Å²) in [5.41, 5.74) is -2.61. The first-order chi connectivity index (χ1) is 17.8. The number of alkyl halides is 3. The maximum atomic E-state index is 13.5. The Morgan fingerprint density at radius 2 is 1.79 bits per heavy atom. The molecule has 0 aromatic heterocycles. The maximum Gasteiger partial charge on any atom is 0.417 e. The molecule has 0 radical (unpaired) electrons. The van der Waals surface area contributed by atoms with Gasteiger partial charge in [-0.05, 0) is 90.3 Å². The summed E-state index contributed by atoms with van der Waals surface area (Å²) in [6.07, 6.45) is -1.13. The third kappa shape index (κ3) is 5.38. The molecule has 4 rings (SSSR count). The molecule has 2 aliphatic heterocycles. The highest BCUT2D eigenvalue weighted by Crippen LogP contribution is 2.38. The molecule has 1 aliphatic carbocycles. The van der Waals surface area contributed by atoms with Crippen LogP contribution in [0.25, 0.3) is 0 Å². The number of nitriles is 1. The van der Waals surface area contributed by atoms with Crippen molar-refractivity contribution in [3.05, 3.63) is 29.3 Å². The molecule has 2 amide bonds. The number of unbranched alkanes of at least 4 members (excludes halogenated alkanes) is 1. The molecule has 0 N–H and O–H groups in total. The fourth-order valence-electron chi connectivity index (χ4n) is 5.41. The number of nitrogens with zero attached hydrogens (tertiary/aromatic N) is 5. The molecule has 11 heteroatoms. The van der Waals surface area contributed by atoms with Crippen molar-refractivity contribution in [1.29, 1.82) is 5.26 Å². The second-order valence-electron chi connectivity index (χ2n) is 11.1. The first-order valence-corrected chi connectivity index (χ1v) is 13.5. The van der Waals surface area contributed by atoms with Crippen LogP contribution in [0, 0.1) is 17.2 Å². The number of carbonyl (C=O) groups excluding carboxylic acids is 2. The molecular formula is C27H34F3N5O2S. The molecule has 38 heavy (non-hydrogen) atoms. The Morgan fingerprint density at radius 1 is 1.13 bits per heavy atom. The molecule has 1 aromatic carbocycles.